The van der Waals surface area contributed by atoms with Crippen molar-refractivity contribution in [2.45, 2.75) is 146 Å². The van der Waals surface area contributed by atoms with Gasteiger partial charge in [-0.1, -0.05) is 129 Å². The van der Waals surface area contributed by atoms with Gasteiger partial charge in [-0.3, -0.25) is 6.08 Å². The van der Waals surface area contributed by atoms with E-state index in [0.717, 1.165) is 6.42 Å². The van der Waals surface area contributed by atoms with Crippen LogP contribution in [0.4, 0.5) is 0 Å². The van der Waals surface area contributed by atoms with Crippen LogP contribution in [-0.4, -0.2) is 3.21 Å². The van der Waals surface area contributed by atoms with E-state index in [0.29, 0.717) is 11.3 Å². The summed E-state index contributed by atoms with van der Waals surface area (Å²) in [6.45, 7) is 38.4. The molecule has 0 radical (unpaired) electrons. The van der Waals surface area contributed by atoms with Crippen molar-refractivity contribution in [3.63, 3.8) is 0 Å². The van der Waals surface area contributed by atoms with Gasteiger partial charge in [0, 0.05) is 0 Å². The Morgan fingerprint density at radius 3 is 1.14 bits per heavy atom. The van der Waals surface area contributed by atoms with Crippen LogP contribution in [0.1, 0.15) is 158 Å². The molecular formula is C54H70Cl2Zr-2. The zero-order valence-corrected chi connectivity index (χ0v) is 42.2. The van der Waals surface area contributed by atoms with E-state index in [4.69, 9.17) is 0 Å². The molecule has 1 aliphatic rings. The summed E-state index contributed by atoms with van der Waals surface area (Å²) in [4.78, 5) is 0. The average Bonchev–Trinajstić information content (AvgIpc) is 3.66. The van der Waals surface area contributed by atoms with Gasteiger partial charge in [-0.25, -0.2) is 5.57 Å². The van der Waals surface area contributed by atoms with Crippen molar-refractivity contribution in [1.82, 2.24) is 0 Å². The molecule has 0 N–H and O–H groups in total. The Bertz CT molecular complexity index is 2030. The first-order valence-electron chi connectivity index (χ1n) is 20.5. The fourth-order valence-corrected chi connectivity index (χ4v) is 7.96. The third-order valence-electron chi connectivity index (χ3n) is 10.8. The summed E-state index contributed by atoms with van der Waals surface area (Å²) in [6.07, 6.45) is 6.95. The zero-order valence-electron chi connectivity index (χ0n) is 38.3. The van der Waals surface area contributed by atoms with Crippen LogP contribution in [0, 0.1) is 17.4 Å². The number of allylic oxidation sites excluding steroid dienone is 4. The van der Waals surface area contributed by atoms with Gasteiger partial charge in [0.15, 0.2) is 0 Å². The Morgan fingerprint density at radius 2 is 0.860 bits per heavy atom. The Balaban J connectivity index is 0.000000302. The molecule has 0 heterocycles. The molecule has 3 heteroatoms. The van der Waals surface area contributed by atoms with Gasteiger partial charge in [-0.15, -0.1) is 39.7 Å². The number of fused-ring (bicyclic) bond motifs is 3. The summed E-state index contributed by atoms with van der Waals surface area (Å²) in [5.41, 5.74) is 12.3. The molecule has 5 aromatic rings. The summed E-state index contributed by atoms with van der Waals surface area (Å²) in [5.74, 6) is 0.522. The van der Waals surface area contributed by atoms with E-state index >= 15 is 0 Å². The van der Waals surface area contributed by atoms with Crippen molar-refractivity contribution in [3.8, 4) is 0 Å². The van der Waals surface area contributed by atoms with Gasteiger partial charge < -0.3 is 24.8 Å². The van der Waals surface area contributed by atoms with E-state index in [1.165, 1.54) is 93.5 Å². The molecule has 0 nitrogen and oxygen atoms in total. The molecule has 0 bridgehead atoms. The first-order valence-corrected chi connectivity index (χ1v) is 21.7. The molecular weight excluding hydrogens is 811 g/mol. The largest absolute Gasteiger partial charge is 1.00 e. The molecule has 306 valence electrons. The van der Waals surface area contributed by atoms with Crippen molar-refractivity contribution in [2.24, 2.45) is 11.3 Å². The monoisotopic (exact) mass is 878 g/mol. The quantitative estimate of drug-likeness (QED) is 0.159. The molecule has 0 saturated heterocycles. The Hall–Kier alpha value is -2.44. The van der Waals surface area contributed by atoms with Crippen LogP contribution in [-0.2, 0) is 45.9 Å². The maximum atomic E-state index is 3.48. The second-order valence-electron chi connectivity index (χ2n) is 20.9. The zero-order chi connectivity index (χ0) is 41.3. The first kappa shape index (κ1) is 50.7. The van der Waals surface area contributed by atoms with Crippen LogP contribution >= 0.6 is 0 Å². The Kier molecular flexibility index (Phi) is 17.2. The van der Waals surface area contributed by atoms with Crippen molar-refractivity contribution in [3.05, 3.63) is 148 Å². The molecule has 0 saturated carbocycles. The molecule has 1 atom stereocenters. The van der Waals surface area contributed by atoms with Gasteiger partial charge in [0.1, 0.15) is 0 Å². The molecule has 0 aromatic heterocycles. The SMILES string of the molecule is CC(C)(C)c1ccc([C](=[Zr+2])c2ccc(C(C)(C)C)cc2)cc1.CC(C)(C)c1ccc2c(c1)[cH-]c1cc(C(C)(C)C)ccc12.CCC1=[C-]C(C)C=C1C(C)(C)C.[Cl-].[Cl-]. The fraction of sp³-hybridized carbons (Fsp3) is 0.444. The van der Waals surface area contributed by atoms with E-state index in [9.17, 15) is 0 Å². The van der Waals surface area contributed by atoms with Crippen LogP contribution in [0.15, 0.2) is 108 Å². The third kappa shape index (κ3) is 13.3. The Labute approximate surface area is 375 Å². The minimum absolute atomic E-state index is 0. The molecule has 5 aromatic carbocycles. The Morgan fingerprint density at radius 1 is 0.526 bits per heavy atom. The van der Waals surface area contributed by atoms with Gasteiger partial charge in [0.2, 0.25) is 0 Å². The molecule has 0 aliphatic heterocycles. The topological polar surface area (TPSA) is 0 Å². The van der Waals surface area contributed by atoms with Crippen LogP contribution in [0.5, 0.6) is 0 Å². The average molecular weight is 881 g/mol. The maximum absolute atomic E-state index is 3.48. The van der Waals surface area contributed by atoms with Crippen molar-refractivity contribution < 1.29 is 49.0 Å². The van der Waals surface area contributed by atoms with Gasteiger partial charge in [0.05, 0.1) is 0 Å². The second-order valence-corrected chi connectivity index (χ2v) is 22.1. The van der Waals surface area contributed by atoms with Gasteiger partial charge >= 0.3 is 151 Å². The summed E-state index contributed by atoms with van der Waals surface area (Å²) >= 11 is 1.46. The van der Waals surface area contributed by atoms with Crippen LogP contribution < -0.4 is 24.8 Å². The van der Waals surface area contributed by atoms with Gasteiger partial charge in [0.25, 0.3) is 0 Å². The van der Waals surface area contributed by atoms with Gasteiger partial charge in [-0.2, -0.15) is 11.6 Å². The summed E-state index contributed by atoms with van der Waals surface area (Å²) in [6, 6.07) is 34.3. The maximum Gasteiger partial charge on any atom is -0.0202 e. The predicted octanol–water partition coefficient (Wildman–Crippen LogP) is 9.46. The fourth-order valence-electron chi connectivity index (χ4n) is 7.14. The van der Waals surface area contributed by atoms with Crippen LogP contribution in [0.25, 0.3) is 21.5 Å². The van der Waals surface area contributed by atoms with E-state index in [1.54, 1.807) is 0 Å². The van der Waals surface area contributed by atoms with Gasteiger partial charge in [-0.05, 0) is 10.8 Å². The molecule has 6 rings (SSSR count). The first-order chi connectivity index (χ1) is 25.2. The number of halogens is 2. The number of hydrogen-bond acceptors (Lipinski definition) is 0. The van der Waals surface area contributed by atoms with Crippen molar-refractivity contribution in [2.75, 3.05) is 0 Å². The smallest absolute Gasteiger partial charge is 0.0202 e. The minimum Gasteiger partial charge on any atom is -1.00 e. The predicted molar refractivity (Wildman–Crippen MR) is 242 cm³/mol. The minimum atomic E-state index is 0. The van der Waals surface area contributed by atoms with E-state index in [2.05, 4.69) is 221 Å². The van der Waals surface area contributed by atoms with E-state index < -0.39 is 0 Å². The summed E-state index contributed by atoms with van der Waals surface area (Å²) in [5, 5.41) is 5.48. The summed E-state index contributed by atoms with van der Waals surface area (Å²) in [7, 11) is 0. The molecule has 57 heavy (non-hydrogen) atoms. The number of hydrogen-bond donors (Lipinski definition) is 0. The van der Waals surface area contributed by atoms with Crippen LogP contribution in [0.3, 0.4) is 0 Å². The van der Waals surface area contributed by atoms with Crippen molar-refractivity contribution >= 4 is 24.8 Å². The number of benzene rings is 4. The molecule has 0 fully saturated rings. The molecule has 1 aliphatic carbocycles. The molecule has 0 amide bonds. The number of rotatable bonds is 3. The van der Waals surface area contributed by atoms with Crippen molar-refractivity contribution in [1.29, 1.82) is 0 Å². The second kappa shape index (κ2) is 19.3. The standard InChI is InChI=1S/C21H25.C21H26.C12H19.2ClH.Zr/c1-20(2,3)16-7-9-18-14(12-16)11-15-13-17(21(4,5)6)8-10-19(15)18;1-20(2,3)18-11-7-16(8-12-18)15-17-9-13-19(14-10-17)21(4,5)6;1-6-10-7-9(2)8-11(10)12(3,4)5;;;/h7-13H,1-6H3;7-14H,1-6H3;8-9H,6H2,1-5H3;2*1H;/q-1;;-1;;;+2/p-2. The van der Waals surface area contributed by atoms with E-state index in [1.807, 2.05) is 0 Å². The normalized spacial score (nSPS) is 14.7. The third-order valence-corrected chi connectivity index (χ3v) is 12.2. The van der Waals surface area contributed by atoms with E-state index in [-0.39, 0.29) is 46.5 Å². The molecule has 0 spiro atoms. The summed E-state index contributed by atoms with van der Waals surface area (Å²) < 4.78 is 1.42. The van der Waals surface area contributed by atoms with Crippen LogP contribution in [0.2, 0.25) is 0 Å². The molecule has 1 unspecified atom stereocenters.